The molecular weight excluding hydrogens is 339 g/mol. The van der Waals surface area contributed by atoms with Crippen LogP contribution in [-0.4, -0.2) is 42.8 Å². The molecule has 1 heterocycles. The summed E-state index contributed by atoms with van der Waals surface area (Å²) in [7, 11) is 0. The largest absolute Gasteiger partial charge is 0.369 e. The molecule has 0 spiro atoms. The Balaban J connectivity index is 0.00000242. The first kappa shape index (κ1) is 19.9. The molecule has 2 nitrogen and oxygen atoms in total. The predicted molar refractivity (Wildman–Crippen MR) is 101 cm³/mol. The molecule has 126 valence electrons. The third kappa shape index (κ3) is 6.54. The van der Waals surface area contributed by atoms with E-state index in [1.54, 1.807) is 0 Å². The molecule has 22 heavy (non-hydrogen) atoms. The Morgan fingerprint density at radius 1 is 0.864 bits per heavy atom. The molecule has 0 amide bonds. The standard InChI is InChI=1S/C17H26Cl2N2.ClH/c18-9-13-21(14-10-19)17-7-5-16(6-8-17)15-20-11-3-1-2-4-12-20;/h5-8H,1-4,9-15H2;1H. The second-order valence-electron chi connectivity index (χ2n) is 5.72. The topological polar surface area (TPSA) is 6.48 Å². The zero-order valence-electron chi connectivity index (χ0n) is 13.1. The van der Waals surface area contributed by atoms with Gasteiger partial charge in [-0.25, -0.2) is 0 Å². The minimum Gasteiger partial charge on any atom is -0.369 e. The third-order valence-corrected chi connectivity index (χ3v) is 4.45. The molecule has 0 atom stereocenters. The first-order valence-electron chi connectivity index (χ1n) is 8.01. The van der Waals surface area contributed by atoms with Crippen LogP contribution in [0.5, 0.6) is 0 Å². The molecule has 1 aromatic rings. The van der Waals surface area contributed by atoms with Gasteiger partial charge in [-0.2, -0.15) is 0 Å². The molecule has 1 fully saturated rings. The lowest BCUT2D eigenvalue weighted by molar-refractivity contribution is 0.277. The van der Waals surface area contributed by atoms with E-state index >= 15 is 0 Å². The number of likely N-dealkylation sites (tertiary alicyclic amines) is 1. The highest BCUT2D eigenvalue weighted by atomic mass is 35.5. The molecule has 5 heteroatoms. The van der Waals surface area contributed by atoms with Crippen LogP contribution in [0.4, 0.5) is 5.69 Å². The summed E-state index contributed by atoms with van der Waals surface area (Å²) in [5.74, 6) is 1.26. The van der Waals surface area contributed by atoms with Gasteiger partial charge in [-0.3, -0.25) is 4.90 Å². The number of nitrogens with zero attached hydrogens (tertiary/aromatic N) is 2. The molecule has 0 aromatic heterocycles. The monoisotopic (exact) mass is 364 g/mol. The number of anilines is 1. The Kier molecular flexibility index (Phi) is 10.3. The summed E-state index contributed by atoms with van der Waals surface area (Å²) in [6.07, 6.45) is 5.47. The van der Waals surface area contributed by atoms with Crippen LogP contribution in [-0.2, 0) is 6.54 Å². The SMILES string of the molecule is Cl.ClCCN(CCCl)c1ccc(CN2CCCCCC2)cc1. The van der Waals surface area contributed by atoms with Crippen molar-refractivity contribution in [2.24, 2.45) is 0 Å². The van der Waals surface area contributed by atoms with Gasteiger partial charge in [-0.1, -0.05) is 25.0 Å². The lowest BCUT2D eigenvalue weighted by atomic mass is 10.1. The Hall–Kier alpha value is -0.150. The lowest BCUT2D eigenvalue weighted by Gasteiger charge is -2.24. The second-order valence-corrected chi connectivity index (χ2v) is 6.48. The molecule has 0 bridgehead atoms. The summed E-state index contributed by atoms with van der Waals surface area (Å²) in [5.41, 5.74) is 2.62. The fourth-order valence-corrected chi connectivity index (χ4v) is 3.35. The van der Waals surface area contributed by atoms with Gasteiger partial charge in [0.2, 0.25) is 0 Å². The Labute approximate surface area is 151 Å². The number of rotatable bonds is 7. The molecule has 1 aliphatic rings. The normalized spacial score (nSPS) is 15.9. The van der Waals surface area contributed by atoms with E-state index in [0.717, 1.165) is 19.6 Å². The van der Waals surface area contributed by atoms with Gasteiger partial charge in [0.05, 0.1) is 0 Å². The van der Waals surface area contributed by atoms with Crippen LogP contribution in [0.1, 0.15) is 31.2 Å². The maximum atomic E-state index is 5.87. The molecule has 1 aliphatic heterocycles. The van der Waals surface area contributed by atoms with E-state index in [4.69, 9.17) is 23.2 Å². The molecule has 0 aliphatic carbocycles. The smallest absolute Gasteiger partial charge is 0.0399 e. The van der Waals surface area contributed by atoms with Gasteiger partial charge in [0, 0.05) is 37.1 Å². The molecular formula is C17H27Cl3N2. The van der Waals surface area contributed by atoms with Crippen molar-refractivity contribution >= 4 is 41.3 Å². The molecule has 1 aromatic carbocycles. The molecule has 0 saturated carbocycles. The van der Waals surface area contributed by atoms with Gasteiger partial charge >= 0.3 is 0 Å². The molecule has 0 radical (unpaired) electrons. The summed E-state index contributed by atoms with van der Waals surface area (Å²) < 4.78 is 0. The average molecular weight is 366 g/mol. The van der Waals surface area contributed by atoms with Gasteiger partial charge < -0.3 is 4.90 Å². The molecule has 2 rings (SSSR count). The Bertz CT molecular complexity index is 383. The predicted octanol–water partition coefficient (Wildman–Crippen LogP) is 4.77. The van der Waals surface area contributed by atoms with Crippen molar-refractivity contribution in [2.45, 2.75) is 32.2 Å². The molecule has 1 saturated heterocycles. The summed E-state index contributed by atoms with van der Waals surface area (Å²) in [5, 5.41) is 0. The van der Waals surface area contributed by atoms with Gasteiger partial charge in [0.1, 0.15) is 0 Å². The van der Waals surface area contributed by atoms with Crippen LogP contribution >= 0.6 is 35.6 Å². The van der Waals surface area contributed by atoms with Crippen molar-refractivity contribution in [2.75, 3.05) is 42.8 Å². The summed E-state index contributed by atoms with van der Waals surface area (Å²) >= 11 is 11.7. The van der Waals surface area contributed by atoms with Crippen molar-refractivity contribution in [3.8, 4) is 0 Å². The minimum absolute atomic E-state index is 0. The second kappa shape index (κ2) is 11.4. The number of halogens is 3. The van der Waals surface area contributed by atoms with Crippen LogP contribution < -0.4 is 4.90 Å². The van der Waals surface area contributed by atoms with Gasteiger partial charge in [0.15, 0.2) is 0 Å². The van der Waals surface area contributed by atoms with E-state index in [2.05, 4.69) is 34.1 Å². The Morgan fingerprint density at radius 3 is 1.91 bits per heavy atom. The summed E-state index contributed by atoms with van der Waals surface area (Å²) in [4.78, 5) is 4.83. The van der Waals surface area contributed by atoms with Crippen LogP contribution in [0, 0.1) is 0 Å². The molecule has 0 unspecified atom stereocenters. The van der Waals surface area contributed by atoms with Gasteiger partial charge in [-0.15, -0.1) is 35.6 Å². The van der Waals surface area contributed by atoms with Crippen molar-refractivity contribution in [1.29, 1.82) is 0 Å². The van der Waals surface area contributed by atoms with E-state index in [9.17, 15) is 0 Å². The zero-order valence-corrected chi connectivity index (χ0v) is 15.5. The van der Waals surface area contributed by atoms with E-state index in [1.165, 1.54) is 50.0 Å². The number of hydrogen-bond donors (Lipinski definition) is 0. The van der Waals surface area contributed by atoms with E-state index in [-0.39, 0.29) is 12.4 Å². The first-order valence-corrected chi connectivity index (χ1v) is 9.08. The summed E-state index contributed by atoms with van der Waals surface area (Å²) in [6.45, 7) is 5.25. The highest BCUT2D eigenvalue weighted by molar-refractivity contribution is 6.18. The fraction of sp³-hybridized carbons (Fsp3) is 0.647. The minimum atomic E-state index is 0. The quantitative estimate of drug-likeness (QED) is 0.642. The van der Waals surface area contributed by atoms with Crippen molar-refractivity contribution in [1.82, 2.24) is 4.90 Å². The Morgan fingerprint density at radius 2 is 1.41 bits per heavy atom. The first-order chi connectivity index (χ1) is 10.3. The van der Waals surface area contributed by atoms with Crippen molar-refractivity contribution < 1.29 is 0 Å². The van der Waals surface area contributed by atoms with Crippen LogP contribution in [0.25, 0.3) is 0 Å². The summed E-state index contributed by atoms with van der Waals surface area (Å²) in [6, 6.07) is 8.89. The van der Waals surface area contributed by atoms with Crippen LogP contribution in [0.2, 0.25) is 0 Å². The maximum Gasteiger partial charge on any atom is 0.0399 e. The highest BCUT2D eigenvalue weighted by Gasteiger charge is 2.10. The van der Waals surface area contributed by atoms with E-state index in [0.29, 0.717) is 11.8 Å². The number of alkyl halides is 2. The maximum absolute atomic E-state index is 5.87. The van der Waals surface area contributed by atoms with Crippen molar-refractivity contribution in [3.63, 3.8) is 0 Å². The van der Waals surface area contributed by atoms with Crippen LogP contribution in [0.15, 0.2) is 24.3 Å². The average Bonchev–Trinajstić information content (AvgIpc) is 2.77. The van der Waals surface area contributed by atoms with E-state index in [1.807, 2.05) is 0 Å². The van der Waals surface area contributed by atoms with Crippen molar-refractivity contribution in [3.05, 3.63) is 29.8 Å². The van der Waals surface area contributed by atoms with Crippen LogP contribution in [0.3, 0.4) is 0 Å². The lowest BCUT2D eigenvalue weighted by Crippen LogP contribution is -2.27. The molecule has 0 N–H and O–H groups in total. The van der Waals surface area contributed by atoms with E-state index < -0.39 is 0 Å². The number of hydrogen-bond acceptors (Lipinski definition) is 2. The number of benzene rings is 1. The van der Waals surface area contributed by atoms with Gasteiger partial charge in [0.25, 0.3) is 0 Å². The van der Waals surface area contributed by atoms with Gasteiger partial charge in [-0.05, 0) is 43.6 Å². The zero-order chi connectivity index (χ0) is 14.9. The fourth-order valence-electron chi connectivity index (χ4n) is 2.94. The highest BCUT2D eigenvalue weighted by Crippen LogP contribution is 2.18. The third-order valence-electron chi connectivity index (χ3n) is 4.12.